The molecule has 0 saturated heterocycles. The summed E-state index contributed by atoms with van der Waals surface area (Å²) in [5, 5.41) is 9.64. The molecule has 2 fully saturated rings. The summed E-state index contributed by atoms with van der Waals surface area (Å²) in [6, 6.07) is 0. The molecule has 3 nitrogen and oxygen atoms in total. The first-order valence-corrected chi connectivity index (χ1v) is 4.46. The van der Waals surface area contributed by atoms with Crippen LogP contribution in [0.4, 0.5) is 0 Å². The molecule has 1 N–H and O–H groups in total. The van der Waals surface area contributed by atoms with Crippen LogP contribution in [0.2, 0.25) is 0 Å². The number of hydrogen-bond donors (Lipinski definition) is 1. The van der Waals surface area contributed by atoms with E-state index < -0.39 is 12.1 Å². The van der Waals surface area contributed by atoms with Gasteiger partial charge in [0, 0.05) is 5.41 Å². The third-order valence-corrected chi connectivity index (χ3v) is 3.44. The Balaban J connectivity index is 2.05. The molecule has 0 amide bonds. The Labute approximate surface area is 71.7 Å². The van der Waals surface area contributed by atoms with Crippen LogP contribution >= 0.6 is 0 Å². The molecule has 2 saturated carbocycles. The number of ether oxygens (including phenoxy) is 1. The first-order valence-electron chi connectivity index (χ1n) is 4.46. The highest BCUT2D eigenvalue weighted by Gasteiger charge is 2.63. The van der Waals surface area contributed by atoms with Crippen LogP contribution in [0.25, 0.3) is 0 Å². The van der Waals surface area contributed by atoms with Gasteiger partial charge in [0.05, 0.1) is 7.11 Å². The normalized spacial score (nSPS) is 40.3. The third kappa shape index (κ3) is 0.891. The third-order valence-electron chi connectivity index (χ3n) is 3.44. The van der Waals surface area contributed by atoms with Gasteiger partial charge < -0.3 is 9.84 Å². The summed E-state index contributed by atoms with van der Waals surface area (Å²) in [4.78, 5) is 11.1. The number of carbonyl (C=O) groups is 1. The van der Waals surface area contributed by atoms with E-state index in [0.29, 0.717) is 5.92 Å². The highest BCUT2D eigenvalue weighted by atomic mass is 16.5. The zero-order valence-corrected chi connectivity index (χ0v) is 7.25. The van der Waals surface area contributed by atoms with Crippen molar-refractivity contribution in [3.63, 3.8) is 0 Å². The second-order valence-electron chi connectivity index (χ2n) is 3.95. The van der Waals surface area contributed by atoms with Gasteiger partial charge in [-0.15, -0.1) is 0 Å². The van der Waals surface area contributed by atoms with Crippen molar-refractivity contribution in [3.05, 3.63) is 0 Å². The number of hydrogen-bond acceptors (Lipinski definition) is 3. The Hall–Kier alpha value is -0.570. The van der Waals surface area contributed by atoms with Crippen molar-refractivity contribution in [1.29, 1.82) is 0 Å². The van der Waals surface area contributed by atoms with Gasteiger partial charge in [-0.1, -0.05) is 6.42 Å². The lowest BCUT2D eigenvalue weighted by atomic mass is 9.96. The summed E-state index contributed by atoms with van der Waals surface area (Å²) in [7, 11) is 1.33. The number of esters is 1. The Morgan fingerprint density at radius 2 is 2.50 bits per heavy atom. The molecule has 0 aromatic rings. The largest absolute Gasteiger partial charge is 0.467 e. The molecular weight excluding hydrogens is 156 g/mol. The second-order valence-corrected chi connectivity index (χ2v) is 3.95. The van der Waals surface area contributed by atoms with Crippen LogP contribution in [0.3, 0.4) is 0 Å². The van der Waals surface area contributed by atoms with Crippen LogP contribution in [-0.4, -0.2) is 24.3 Å². The standard InChI is InChI=1S/C9H14O3/c1-12-8(11)7(10)9-4-2-3-6(9)5-9/h6-7,10H,2-5H2,1H3. The summed E-state index contributed by atoms with van der Waals surface area (Å²) in [5.41, 5.74) is -0.0763. The van der Waals surface area contributed by atoms with Crippen LogP contribution in [0, 0.1) is 11.3 Å². The lowest BCUT2D eigenvalue weighted by molar-refractivity contribution is -0.154. The van der Waals surface area contributed by atoms with Crippen LogP contribution in [-0.2, 0) is 9.53 Å². The van der Waals surface area contributed by atoms with Crippen molar-refractivity contribution in [3.8, 4) is 0 Å². The molecule has 0 bridgehead atoms. The van der Waals surface area contributed by atoms with Crippen LogP contribution in [0.1, 0.15) is 25.7 Å². The number of rotatable bonds is 2. The lowest BCUT2D eigenvalue weighted by Crippen LogP contribution is -2.31. The van der Waals surface area contributed by atoms with Crippen LogP contribution < -0.4 is 0 Å². The molecule has 2 rings (SSSR count). The summed E-state index contributed by atoms with van der Waals surface area (Å²) >= 11 is 0. The van der Waals surface area contributed by atoms with Gasteiger partial charge in [0.25, 0.3) is 0 Å². The molecule has 68 valence electrons. The van der Waals surface area contributed by atoms with Crippen molar-refractivity contribution >= 4 is 5.97 Å². The maximum absolute atomic E-state index is 11.1. The molecule has 0 aliphatic heterocycles. The monoisotopic (exact) mass is 170 g/mol. The maximum atomic E-state index is 11.1. The van der Waals surface area contributed by atoms with E-state index in [2.05, 4.69) is 4.74 Å². The van der Waals surface area contributed by atoms with Crippen LogP contribution in [0.15, 0.2) is 0 Å². The Morgan fingerprint density at radius 3 is 2.92 bits per heavy atom. The van der Waals surface area contributed by atoms with Crippen molar-refractivity contribution in [2.75, 3.05) is 7.11 Å². The number of fused-ring (bicyclic) bond motifs is 1. The predicted molar refractivity (Wildman–Crippen MR) is 42.4 cm³/mol. The highest BCUT2D eigenvalue weighted by Crippen LogP contribution is 2.65. The molecule has 2 aliphatic carbocycles. The average Bonchev–Trinajstić information content (AvgIpc) is 2.67. The Bertz CT molecular complexity index is 214. The fourth-order valence-electron chi connectivity index (χ4n) is 2.59. The summed E-state index contributed by atoms with van der Waals surface area (Å²) in [6.07, 6.45) is 3.47. The molecular formula is C9H14O3. The zero-order valence-electron chi connectivity index (χ0n) is 7.25. The minimum atomic E-state index is -0.866. The second kappa shape index (κ2) is 2.46. The molecule has 0 radical (unpaired) electrons. The van der Waals surface area contributed by atoms with Crippen molar-refractivity contribution in [1.82, 2.24) is 0 Å². The zero-order chi connectivity index (χ0) is 8.77. The molecule has 3 unspecified atom stereocenters. The topological polar surface area (TPSA) is 46.5 Å². The SMILES string of the molecule is COC(=O)C(O)C12CCCC1C2. The van der Waals surface area contributed by atoms with Crippen molar-refractivity contribution < 1.29 is 14.6 Å². The minimum absolute atomic E-state index is 0.0763. The van der Waals surface area contributed by atoms with Gasteiger partial charge in [-0.25, -0.2) is 4.79 Å². The van der Waals surface area contributed by atoms with Gasteiger partial charge >= 0.3 is 5.97 Å². The molecule has 0 aromatic carbocycles. The molecule has 3 atom stereocenters. The fourth-order valence-corrected chi connectivity index (χ4v) is 2.59. The van der Waals surface area contributed by atoms with Crippen molar-refractivity contribution in [2.24, 2.45) is 11.3 Å². The number of carbonyl (C=O) groups excluding carboxylic acids is 1. The first kappa shape index (κ1) is 8.05. The van der Waals surface area contributed by atoms with Gasteiger partial charge in [0.15, 0.2) is 6.10 Å². The number of methoxy groups -OCH3 is 1. The molecule has 2 aliphatic rings. The van der Waals surface area contributed by atoms with E-state index in [1.54, 1.807) is 0 Å². The van der Waals surface area contributed by atoms with E-state index in [0.717, 1.165) is 19.3 Å². The molecule has 12 heavy (non-hydrogen) atoms. The summed E-state index contributed by atoms with van der Waals surface area (Å²) < 4.78 is 4.53. The van der Waals surface area contributed by atoms with Crippen molar-refractivity contribution in [2.45, 2.75) is 31.8 Å². The van der Waals surface area contributed by atoms with Gasteiger partial charge in [0.1, 0.15) is 0 Å². The number of aliphatic hydroxyl groups excluding tert-OH is 1. The van der Waals surface area contributed by atoms with E-state index in [9.17, 15) is 9.90 Å². The van der Waals surface area contributed by atoms with E-state index in [-0.39, 0.29) is 5.41 Å². The van der Waals surface area contributed by atoms with Gasteiger partial charge in [-0.2, -0.15) is 0 Å². The molecule has 0 aromatic heterocycles. The van der Waals surface area contributed by atoms with E-state index in [1.165, 1.54) is 13.5 Å². The van der Waals surface area contributed by atoms with Gasteiger partial charge in [-0.3, -0.25) is 0 Å². The Kier molecular flexibility index (Phi) is 1.65. The van der Waals surface area contributed by atoms with E-state index >= 15 is 0 Å². The molecule has 0 heterocycles. The minimum Gasteiger partial charge on any atom is -0.467 e. The first-order chi connectivity index (χ1) is 5.70. The highest BCUT2D eigenvalue weighted by molar-refractivity contribution is 5.76. The number of aliphatic hydroxyl groups is 1. The van der Waals surface area contributed by atoms with Crippen LogP contribution in [0.5, 0.6) is 0 Å². The average molecular weight is 170 g/mol. The van der Waals surface area contributed by atoms with Gasteiger partial charge in [0.2, 0.25) is 0 Å². The van der Waals surface area contributed by atoms with Gasteiger partial charge in [-0.05, 0) is 25.2 Å². The molecule has 3 heteroatoms. The van der Waals surface area contributed by atoms with E-state index in [1.807, 2.05) is 0 Å². The molecule has 0 spiro atoms. The summed E-state index contributed by atoms with van der Waals surface area (Å²) in [6.45, 7) is 0. The maximum Gasteiger partial charge on any atom is 0.335 e. The Morgan fingerprint density at radius 1 is 1.75 bits per heavy atom. The fraction of sp³-hybridized carbons (Fsp3) is 0.889. The van der Waals surface area contributed by atoms with E-state index in [4.69, 9.17) is 0 Å². The predicted octanol–water partition coefficient (Wildman–Crippen LogP) is 0.710. The summed E-state index contributed by atoms with van der Waals surface area (Å²) in [5.74, 6) is 0.131. The lowest BCUT2D eigenvalue weighted by Gasteiger charge is -2.17. The smallest absolute Gasteiger partial charge is 0.335 e. The quantitative estimate of drug-likeness (QED) is 0.621.